The standard InChI is InChI=1S/C17H34O2/c1-14(2)10-7-5-6-8-12-16(17(18)19)13-9-11-15(3)4/h14-16H,5-13H2,1-4H3,(H,18,19). The van der Waals surface area contributed by atoms with Gasteiger partial charge in [0, 0.05) is 0 Å². The fourth-order valence-electron chi connectivity index (χ4n) is 2.46. The largest absolute Gasteiger partial charge is 0.481 e. The highest BCUT2D eigenvalue weighted by Gasteiger charge is 2.16. The predicted molar refractivity (Wildman–Crippen MR) is 82.4 cm³/mol. The number of carbonyl (C=O) groups is 1. The molecular formula is C17H34O2. The van der Waals surface area contributed by atoms with Crippen molar-refractivity contribution in [2.75, 3.05) is 0 Å². The minimum atomic E-state index is -0.592. The van der Waals surface area contributed by atoms with Gasteiger partial charge in [-0.3, -0.25) is 4.79 Å². The third-order valence-corrected chi connectivity index (χ3v) is 3.77. The number of rotatable bonds is 12. The van der Waals surface area contributed by atoms with Crippen molar-refractivity contribution in [3.05, 3.63) is 0 Å². The van der Waals surface area contributed by atoms with Crippen molar-refractivity contribution in [3.8, 4) is 0 Å². The summed E-state index contributed by atoms with van der Waals surface area (Å²) >= 11 is 0. The second-order valence-corrected chi connectivity index (χ2v) is 6.75. The quantitative estimate of drug-likeness (QED) is 0.475. The Kier molecular flexibility index (Phi) is 11.0. The van der Waals surface area contributed by atoms with Crippen molar-refractivity contribution in [2.45, 2.75) is 85.5 Å². The number of hydrogen-bond acceptors (Lipinski definition) is 1. The summed E-state index contributed by atoms with van der Waals surface area (Å²) in [5.41, 5.74) is 0. The van der Waals surface area contributed by atoms with Gasteiger partial charge in [-0.15, -0.1) is 0 Å². The minimum absolute atomic E-state index is 0.108. The average molecular weight is 270 g/mol. The van der Waals surface area contributed by atoms with Crippen molar-refractivity contribution in [3.63, 3.8) is 0 Å². The van der Waals surface area contributed by atoms with Gasteiger partial charge < -0.3 is 5.11 Å². The molecule has 0 aromatic heterocycles. The molecule has 0 radical (unpaired) electrons. The van der Waals surface area contributed by atoms with E-state index in [0.717, 1.165) is 38.0 Å². The lowest BCUT2D eigenvalue weighted by Crippen LogP contribution is -2.13. The highest BCUT2D eigenvalue weighted by Crippen LogP contribution is 2.20. The normalized spacial score (nSPS) is 13.2. The molecule has 0 amide bonds. The summed E-state index contributed by atoms with van der Waals surface area (Å²) in [6.45, 7) is 8.92. The van der Waals surface area contributed by atoms with Gasteiger partial charge in [0.25, 0.3) is 0 Å². The Labute approximate surface area is 120 Å². The molecule has 0 aliphatic rings. The molecule has 0 heterocycles. The van der Waals surface area contributed by atoms with Crippen LogP contribution < -0.4 is 0 Å². The molecule has 0 aliphatic heterocycles. The zero-order chi connectivity index (χ0) is 14.7. The van der Waals surface area contributed by atoms with E-state index in [1.165, 1.54) is 25.7 Å². The maximum absolute atomic E-state index is 11.2. The minimum Gasteiger partial charge on any atom is -0.481 e. The zero-order valence-electron chi connectivity index (χ0n) is 13.5. The SMILES string of the molecule is CC(C)CCCCCCC(CCCC(C)C)C(=O)O. The molecule has 0 aliphatic carbocycles. The summed E-state index contributed by atoms with van der Waals surface area (Å²) in [5, 5.41) is 9.21. The smallest absolute Gasteiger partial charge is 0.306 e. The molecule has 19 heavy (non-hydrogen) atoms. The number of aliphatic carboxylic acids is 1. The van der Waals surface area contributed by atoms with Crippen molar-refractivity contribution in [1.82, 2.24) is 0 Å². The van der Waals surface area contributed by atoms with Gasteiger partial charge in [0.2, 0.25) is 0 Å². The molecule has 1 atom stereocenters. The monoisotopic (exact) mass is 270 g/mol. The van der Waals surface area contributed by atoms with Gasteiger partial charge in [0.15, 0.2) is 0 Å². The van der Waals surface area contributed by atoms with Crippen LogP contribution in [0.2, 0.25) is 0 Å². The lowest BCUT2D eigenvalue weighted by Gasteiger charge is -2.13. The molecule has 0 aromatic carbocycles. The van der Waals surface area contributed by atoms with Crippen molar-refractivity contribution >= 4 is 5.97 Å². The van der Waals surface area contributed by atoms with Crippen LogP contribution in [0, 0.1) is 17.8 Å². The molecule has 0 saturated carbocycles. The first kappa shape index (κ1) is 18.5. The highest BCUT2D eigenvalue weighted by molar-refractivity contribution is 5.69. The van der Waals surface area contributed by atoms with E-state index in [1.807, 2.05) is 0 Å². The van der Waals surface area contributed by atoms with Crippen molar-refractivity contribution < 1.29 is 9.90 Å². The molecule has 0 bridgehead atoms. The Morgan fingerprint density at radius 2 is 1.16 bits per heavy atom. The van der Waals surface area contributed by atoms with Gasteiger partial charge >= 0.3 is 5.97 Å². The lowest BCUT2D eigenvalue weighted by atomic mass is 9.93. The van der Waals surface area contributed by atoms with E-state index in [-0.39, 0.29) is 5.92 Å². The summed E-state index contributed by atoms with van der Waals surface area (Å²) in [4.78, 5) is 11.2. The van der Waals surface area contributed by atoms with Gasteiger partial charge in [-0.25, -0.2) is 0 Å². The second-order valence-electron chi connectivity index (χ2n) is 6.75. The van der Waals surface area contributed by atoms with Crippen LogP contribution in [0.3, 0.4) is 0 Å². The molecule has 0 fully saturated rings. The summed E-state index contributed by atoms with van der Waals surface area (Å²) in [6, 6.07) is 0. The first-order valence-electron chi connectivity index (χ1n) is 8.16. The Bertz CT molecular complexity index is 221. The van der Waals surface area contributed by atoms with E-state index in [0.29, 0.717) is 5.92 Å². The summed E-state index contributed by atoms with van der Waals surface area (Å²) < 4.78 is 0. The van der Waals surface area contributed by atoms with E-state index in [4.69, 9.17) is 0 Å². The van der Waals surface area contributed by atoms with Gasteiger partial charge in [0.1, 0.15) is 0 Å². The van der Waals surface area contributed by atoms with Gasteiger partial charge in [-0.1, -0.05) is 72.6 Å². The molecule has 114 valence electrons. The molecular weight excluding hydrogens is 236 g/mol. The first-order valence-corrected chi connectivity index (χ1v) is 8.16. The molecule has 0 spiro atoms. The van der Waals surface area contributed by atoms with Crippen LogP contribution in [0.1, 0.15) is 85.5 Å². The topological polar surface area (TPSA) is 37.3 Å². The second kappa shape index (κ2) is 11.3. The van der Waals surface area contributed by atoms with Gasteiger partial charge in [-0.05, 0) is 24.7 Å². The highest BCUT2D eigenvalue weighted by atomic mass is 16.4. The van der Waals surface area contributed by atoms with Crippen LogP contribution in [0.25, 0.3) is 0 Å². The van der Waals surface area contributed by atoms with E-state index in [2.05, 4.69) is 27.7 Å². The summed E-state index contributed by atoms with van der Waals surface area (Å²) in [6.07, 6.45) is 10.1. The number of unbranched alkanes of at least 4 members (excludes halogenated alkanes) is 3. The fourth-order valence-corrected chi connectivity index (χ4v) is 2.46. The molecule has 0 saturated heterocycles. The lowest BCUT2D eigenvalue weighted by molar-refractivity contribution is -0.142. The van der Waals surface area contributed by atoms with Crippen molar-refractivity contribution in [1.29, 1.82) is 0 Å². The Balaban J connectivity index is 3.62. The Morgan fingerprint density at radius 1 is 0.737 bits per heavy atom. The Morgan fingerprint density at radius 3 is 1.63 bits per heavy atom. The predicted octanol–water partition coefficient (Wildman–Crippen LogP) is 5.51. The van der Waals surface area contributed by atoms with E-state index < -0.39 is 5.97 Å². The average Bonchev–Trinajstić information content (AvgIpc) is 2.29. The van der Waals surface area contributed by atoms with Crippen molar-refractivity contribution in [2.24, 2.45) is 17.8 Å². The van der Waals surface area contributed by atoms with Crippen LogP contribution in [-0.2, 0) is 4.79 Å². The first-order chi connectivity index (χ1) is 8.93. The van der Waals surface area contributed by atoms with Crippen LogP contribution in [0.4, 0.5) is 0 Å². The van der Waals surface area contributed by atoms with Crippen LogP contribution in [-0.4, -0.2) is 11.1 Å². The summed E-state index contributed by atoms with van der Waals surface area (Å²) in [7, 11) is 0. The Hall–Kier alpha value is -0.530. The summed E-state index contributed by atoms with van der Waals surface area (Å²) in [5.74, 6) is 0.781. The van der Waals surface area contributed by atoms with Gasteiger partial charge in [-0.2, -0.15) is 0 Å². The van der Waals surface area contributed by atoms with E-state index >= 15 is 0 Å². The van der Waals surface area contributed by atoms with Crippen LogP contribution >= 0.6 is 0 Å². The van der Waals surface area contributed by atoms with Crippen LogP contribution in [0.15, 0.2) is 0 Å². The maximum atomic E-state index is 11.2. The number of carboxylic acids is 1. The fraction of sp³-hybridized carbons (Fsp3) is 0.941. The van der Waals surface area contributed by atoms with Gasteiger partial charge in [0.05, 0.1) is 5.92 Å². The third-order valence-electron chi connectivity index (χ3n) is 3.77. The number of carboxylic acid groups (broad SMARTS) is 1. The molecule has 0 aromatic rings. The molecule has 0 rings (SSSR count). The molecule has 1 N–H and O–H groups in total. The van der Waals surface area contributed by atoms with E-state index in [1.54, 1.807) is 0 Å². The number of hydrogen-bond donors (Lipinski definition) is 1. The maximum Gasteiger partial charge on any atom is 0.306 e. The van der Waals surface area contributed by atoms with Crippen LogP contribution in [0.5, 0.6) is 0 Å². The molecule has 1 unspecified atom stereocenters. The molecule has 2 heteroatoms. The molecule has 2 nitrogen and oxygen atoms in total. The van der Waals surface area contributed by atoms with E-state index in [9.17, 15) is 9.90 Å². The third kappa shape index (κ3) is 12.3. The zero-order valence-corrected chi connectivity index (χ0v) is 13.5.